The lowest BCUT2D eigenvalue weighted by molar-refractivity contribution is 0.0606. The number of methoxy groups -OCH3 is 1. The van der Waals surface area contributed by atoms with Gasteiger partial charge in [0.05, 0.1) is 12.0 Å². The molecule has 1 heterocycles. The molecule has 0 atom stereocenters. The molecule has 1 N–H and O–H groups in total. The maximum absolute atomic E-state index is 12.0. The highest BCUT2D eigenvalue weighted by atomic mass is 32.1. The van der Waals surface area contributed by atoms with E-state index in [4.69, 9.17) is 0 Å². The molecule has 6 heteroatoms. The Balaban J connectivity index is 2.09. The maximum atomic E-state index is 12.0. The summed E-state index contributed by atoms with van der Waals surface area (Å²) in [7, 11) is 1.29. The Labute approximate surface area is 125 Å². The Morgan fingerprint density at radius 2 is 1.62 bits per heavy atom. The van der Waals surface area contributed by atoms with Crippen LogP contribution >= 0.6 is 11.3 Å². The van der Waals surface area contributed by atoms with Crippen LogP contribution in [0.5, 0.6) is 0 Å². The third-order valence-electron chi connectivity index (χ3n) is 2.77. The lowest BCUT2D eigenvalue weighted by Crippen LogP contribution is -2.10. The van der Waals surface area contributed by atoms with Crippen LogP contribution in [0.1, 0.15) is 36.6 Å². The Bertz CT molecular complexity index is 688. The number of nitrogens with one attached hydrogen (secondary N) is 1. The summed E-state index contributed by atoms with van der Waals surface area (Å²) in [6, 6.07) is 9.71. The minimum Gasteiger partial charge on any atom is -0.465 e. The van der Waals surface area contributed by atoms with Gasteiger partial charge >= 0.3 is 5.97 Å². The zero-order valence-corrected chi connectivity index (χ0v) is 12.3. The topological polar surface area (TPSA) is 72.5 Å². The Hall–Kier alpha value is -2.47. The van der Waals surface area contributed by atoms with Crippen molar-refractivity contribution in [2.24, 2.45) is 0 Å². The number of amides is 1. The average molecular weight is 303 g/mol. The van der Waals surface area contributed by atoms with E-state index in [2.05, 4.69) is 10.1 Å². The number of anilines is 1. The highest BCUT2D eigenvalue weighted by Gasteiger charge is 2.14. The lowest BCUT2D eigenvalue weighted by atomic mass is 10.1. The van der Waals surface area contributed by atoms with E-state index in [0.717, 1.165) is 11.3 Å². The third kappa shape index (κ3) is 3.55. The summed E-state index contributed by atoms with van der Waals surface area (Å²) in [4.78, 5) is 35.3. The molecule has 0 radical (unpaired) electrons. The maximum Gasteiger partial charge on any atom is 0.348 e. The van der Waals surface area contributed by atoms with Gasteiger partial charge in [-0.05, 0) is 43.3 Å². The van der Waals surface area contributed by atoms with Crippen LogP contribution in [-0.2, 0) is 4.74 Å². The van der Waals surface area contributed by atoms with Gasteiger partial charge < -0.3 is 10.1 Å². The molecule has 0 aliphatic heterocycles. The summed E-state index contributed by atoms with van der Waals surface area (Å²) >= 11 is 1.06. The number of carbonyl (C=O) groups is 3. The van der Waals surface area contributed by atoms with Crippen LogP contribution in [0.3, 0.4) is 0 Å². The van der Waals surface area contributed by atoms with Crippen molar-refractivity contribution >= 4 is 34.7 Å². The van der Waals surface area contributed by atoms with Crippen molar-refractivity contribution in [1.82, 2.24) is 0 Å². The zero-order chi connectivity index (χ0) is 15.4. The van der Waals surface area contributed by atoms with Crippen molar-refractivity contribution in [3.05, 3.63) is 51.7 Å². The van der Waals surface area contributed by atoms with Gasteiger partial charge in [-0.1, -0.05) is 0 Å². The summed E-state index contributed by atoms with van der Waals surface area (Å²) < 4.78 is 4.59. The predicted octanol–water partition coefficient (Wildman–Crippen LogP) is 2.99. The zero-order valence-electron chi connectivity index (χ0n) is 11.5. The average Bonchev–Trinajstić information content (AvgIpc) is 2.97. The highest BCUT2D eigenvalue weighted by Crippen LogP contribution is 2.19. The third-order valence-corrected chi connectivity index (χ3v) is 3.83. The Morgan fingerprint density at radius 1 is 1.00 bits per heavy atom. The number of hydrogen-bond acceptors (Lipinski definition) is 5. The fraction of sp³-hybridized carbons (Fsp3) is 0.133. The number of rotatable bonds is 4. The molecule has 0 aliphatic rings. The van der Waals surface area contributed by atoms with Crippen LogP contribution in [0.25, 0.3) is 0 Å². The standard InChI is InChI=1S/C15H13NO4S/c1-9(17)10-3-5-11(6-4-10)16-14(18)12-7-8-13(21-12)15(19)20-2/h3-8H,1-2H3,(H,16,18). The SMILES string of the molecule is COC(=O)c1ccc(C(=O)Nc2ccc(C(C)=O)cc2)s1. The molecule has 0 aliphatic carbocycles. The van der Waals surface area contributed by atoms with E-state index in [9.17, 15) is 14.4 Å². The van der Waals surface area contributed by atoms with Gasteiger partial charge in [-0.2, -0.15) is 0 Å². The van der Waals surface area contributed by atoms with Crippen molar-refractivity contribution in [1.29, 1.82) is 0 Å². The number of thiophene rings is 1. The molecule has 0 saturated heterocycles. The molecule has 0 fully saturated rings. The molecule has 1 amide bonds. The first-order chi connectivity index (χ1) is 10.0. The fourth-order valence-electron chi connectivity index (χ4n) is 1.65. The molecular formula is C15H13NO4S. The molecule has 2 aromatic rings. The first-order valence-electron chi connectivity index (χ1n) is 6.12. The molecular weight excluding hydrogens is 290 g/mol. The number of esters is 1. The van der Waals surface area contributed by atoms with Crippen LogP contribution in [0.4, 0.5) is 5.69 Å². The van der Waals surface area contributed by atoms with Crippen molar-refractivity contribution in [2.75, 3.05) is 12.4 Å². The summed E-state index contributed by atoms with van der Waals surface area (Å²) in [5, 5.41) is 2.70. The summed E-state index contributed by atoms with van der Waals surface area (Å²) in [6.07, 6.45) is 0. The Morgan fingerprint density at radius 3 is 2.19 bits per heavy atom. The van der Waals surface area contributed by atoms with Crippen molar-refractivity contribution < 1.29 is 19.1 Å². The van der Waals surface area contributed by atoms with Crippen LogP contribution in [0, 0.1) is 0 Å². The second kappa shape index (κ2) is 6.32. The summed E-state index contributed by atoms with van der Waals surface area (Å²) in [5.74, 6) is -0.815. The Kier molecular flexibility index (Phi) is 4.49. The monoisotopic (exact) mass is 303 g/mol. The normalized spacial score (nSPS) is 10.0. The van der Waals surface area contributed by atoms with E-state index >= 15 is 0 Å². The van der Waals surface area contributed by atoms with Gasteiger partial charge in [-0.25, -0.2) is 4.79 Å². The molecule has 1 aromatic heterocycles. The number of ketones is 1. The lowest BCUT2D eigenvalue weighted by Gasteiger charge is -2.04. The smallest absolute Gasteiger partial charge is 0.348 e. The fourth-order valence-corrected chi connectivity index (χ4v) is 2.47. The second-order valence-corrected chi connectivity index (χ2v) is 5.33. The van der Waals surface area contributed by atoms with E-state index in [1.54, 1.807) is 36.4 Å². The number of Topliss-reactive ketones (excluding diaryl/α,β-unsaturated/α-hetero) is 1. The van der Waals surface area contributed by atoms with Gasteiger partial charge in [0.15, 0.2) is 5.78 Å². The molecule has 0 spiro atoms. The first kappa shape index (κ1) is 14.9. The number of carbonyl (C=O) groups excluding carboxylic acids is 3. The molecule has 2 rings (SSSR count). The van der Waals surface area contributed by atoms with Crippen molar-refractivity contribution in [3.8, 4) is 0 Å². The van der Waals surface area contributed by atoms with E-state index in [0.29, 0.717) is 21.0 Å². The quantitative estimate of drug-likeness (QED) is 0.696. The molecule has 0 unspecified atom stereocenters. The van der Waals surface area contributed by atoms with E-state index in [-0.39, 0.29) is 11.7 Å². The minimum atomic E-state index is -0.468. The van der Waals surface area contributed by atoms with Gasteiger partial charge in [0, 0.05) is 11.3 Å². The largest absolute Gasteiger partial charge is 0.465 e. The van der Waals surface area contributed by atoms with Gasteiger partial charge in [0.1, 0.15) is 4.88 Å². The van der Waals surface area contributed by atoms with Crippen molar-refractivity contribution in [3.63, 3.8) is 0 Å². The van der Waals surface area contributed by atoms with Crippen LogP contribution in [0.15, 0.2) is 36.4 Å². The molecule has 5 nitrogen and oxygen atoms in total. The van der Waals surface area contributed by atoms with Crippen LogP contribution in [-0.4, -0.2) is 24.8 Å². The van der Waals surface area contributed by atoms with Crippen molar-refractivity contribution in [2.45, 2.75) is 6.92 Å². The first-order valence-corrected chi connectivity index (χ1v) is 6.93. The minimum absolute atomic E-state index is 0.0335. The second-order valence-electron chi connectivity index (χ2n) is 4.24. The van der Waals surface area contributed by atoms with Crippen LogP contribution < -0.4 is 5.32 Å². The highest BCUT2D eigenvalue weighted by molar-refractivity contribution is 7.16. The summed E-state index contributed by atoms with van der Waals surface area (Å²) in [5.41, 5.74) is 1.16. The van der Waals surface area contributed by atoms with Gasteiger partial charge in [-0.3, -0.25) is 9.59 Å². The van der Waals surface area contributed by atoms with E-state index in [1.807, 2.05) is 0 Å². The number of hydrogen-bond donors (Lipinski definition) is 1. The molecule has 108 valence electrons. The molecule has 21 heavy (non-hydrogen) atoms. The molecule has 1 aromatic carbocycles. The van der Waals surface area contributed by atoms with E-state index in [1.165, 1.54) is 14.0 Å². The van der Waals surface area contributed by atoms with Crippen LogP contribution in [0.2, 0.25) is 0 Å². The van der Waals surface area contributed by atoms with Gasteiger partial charge in [0.25, 0.3) is 5.91 Å². The van der Waals surface area contributed by atoms with Gasteiger partial charge in [0.2, 0.25) is 0 Å². The summed E-state index contributed by atoms with van der Waals surface area (Å²) in [6.45, 7) is 1.48. The predicted molar refractivity (Wildman–Crippen MR) is 80.1 cm³/mol. The molecule has 0 saturated carbocycles. The van der Waals surface area contributed by atoms with Gasteiger partial charge in [-0.15, -0.1) is 11.3 Å². The molecule has 0 bridgehead atoms. The van der Waals surface area contributed by atoms with E-state index < -0.39 is 5.97 Å². The number of benzene rings is 1. The number of ether oxygens (including phenoxy) is 1.